The molecule has 1 N–H and O–H groups in total. The van der Waals surface area contributed by atoms with Crippen LogP contribution < -0.4 is 0 Å². The van der Waals surface area contributed by atoms with Crippen LogP contribution in [0.3, 0.4) is 0 Å². The van der Waals surface area contributed by atoms with Crippen molar-refractivity contribution in [3.05, 3.63) is 0 Å². The normalized spacial score (nSPS) is 29.2. The van der Waals surface area contributed by atoms with E-state index in [0.717, 1.165) is 20.8 Å². The van der Waals surface area contributed by atoms with Crippen molar-refractivity contribution in [3.63, 3.8) is 0 Å². The number of ether oxygens (including phenoxy) is 14. The Kier molecular flexibility index (Phi) is 22.5. The van der Waals surface area contributed by atoms with Crippen LogP contribution in [-0.2, 0) is 109 Å². The molecule has 0 aromatic heterocycles. The molecule has 0 aromatic rings. The maximum atomic E-state index is 14.4. The van der Waals surface area contributed by atoms with E-state index < -0.39 is 192 Å². The van der Waals surface area contributed by atoms with Crippen molar-refractivity contribution in [1.29, 1.82) is 0 Å². The van der Waals surface area contributed by atoms with Crippen LogP contribution in [0.1, 0.15) is 152 Å². The number of hydrogen-bond acceptors (Lipinski definition) is 24. The zero-order valence-corrected chi connectivity index (χ0v) is 49.2. The molecule has 446 valence electrons. The van der Waals surface area contributed by atoms with Crippen LogP contribution in [0, 0.1) is 32.5 Å². The number of carbonyl (C=O) groups excluding carboxylic acids is 9. The highest BCUT2D eigenvalue weighted by Crippen LogP contribution is 2.40. The van der Waals surface area contributed by atoms with E-state index in [4.69, 9.17) is 66.3 Å². The largest absolute Gasteiger partial charge is 0.463 e. The number of aliphatic hydroxyl groups is 1. The number of esters is 9. The summed E-state index contributed by atoms with van der Waals surface area (Å²) in [6, 6.07) is 0. The van der Waals surface area contributed by atoms with Crippen LogP contribution in [0.2, 0.25) is 0 Å². The van der Waals surface area contributed by atoms with E-state index in [2.05, 4.69) is 0 Å². The zero-order valence-electron chi connectivity index (χ0n) is 49.2. The predicted octanol–water partition coefficient (Wildman–Crippen LogP) is 4.75. The predicted molar refractivity (Wildman–Crippen MR) is 268 cm³/mol. The fraction of sp³-hybridized carbons (Fsp3) is 0.833. The van der Waals surface area contributed by atoms with Gasteiger partial charge < -0.3 is 71.4 Å². The highest BCUT2D eigenvalue weighted by molar-refractivity contribution is 5.78. The van der Waals surface area contributed by atoms with Gasteiger partial charge in [-0.2, -0.15) is 0 Å². The lowest BCUT2D eigenvalue weighted by molar-refractivity contribution is -0.377. The van der Waals surface area contributed by atoms with Gasteiger partial charge in [-0.25, -0.2) is 0 Å². The fourth-order valence-electron chi connectivity index (χ4n) is 7.23. The van der Waals surface area contributed by atoms with Gasteiger partial charge in [0.1, 0.15) is 50.3 Å². The molecule has 3 aliphatic rings. The first-order chi connectivity index (χ1) is 35.3. The Morgan fingerprint density at radius 3 is 1.15 bits per heavy atom. The van der Waals surface area contributed by atoms with Crippen LogP contribution in [0.4, 0.5) is 0 Å². The molecular formula is C54H86O24. The third kappa shape index (κ3) is 19.4. The topological polar surface area (TPSA) is 303 Å². The van der Waals surface area contributed by atoms with E-state index >= 15 is 0 Å². The third-order valence-corrected chi connectivity index (χ3v) is 11.7. The third-order valence-electron chi connectivity index (χ3n) is 11.7. The van der Waals surface area contributed by atoms with Gasteiger partial charge >= 0.3 is 53.7 Å². The van der Waals surface area contributed by atoms with E-state index in [9.17, 15) is 48.3 Å². The lowest BCUT2D eigenvalue weighted by Gasteiger charge is -2.50. The standard InChI is InChI=1S/C54H86O24/c1-26(55)65-23-29-22-30(68-27(2)56)35(69-28(3)57)41(70-29)74-37-34(75-45(61)51(10,11)12)32(25-67-44(60)50(7,8)9)72-42(39(37)78-48(64)54(19,20)21)73-33-31(24-66-43(59)49(4,5)6)71-40(58)38(77-47(63)53(16,17)18)36(33)76-46(62)52(13,14)15/h29-42,58H,22-25H2,1-21H3/t29-,30-,31+,32+,33+,34-,35+,36-,37-,38+,39+,40+,41+,42-/m0/s1. The molecule has 0 saturated carbocycles. The van der Waals surface area contributed by atoms with Crippen molar-refractivity contribution in [1.82, 2.24) is 0 Å². The van der Waals surface area contributed by atoms with Gasteiger partial charge in [-0.15, -0.1) is 0 Å². The maximum Gasteiger partial charge on any atom is 0.311 e. The minimum absolute atomic E-state index is 0.217. The molecule has 3 fully saturated rings. The van der Waals surface area contributed by atoms with E-state index in [0.29, 0.717) is 0 Å². The summed E-state index contributed by atoms with van der Waals surface area (Å²) in [6.07, 6.45) is -25.1. The molecule has 24 nitrogen and oxygen atoms in total. The molecule has 3 heterocycles. The molecule has 0 aromatic carbocycles. The first kappa shape index (κ1) is 67.3. The Labute approximate surface area is 457 Å². The minimum Gasteiger partial charge on any atom is -0.463 e. The van der Waals surface area contributed by atoms with Gasteiger partial charge in [0, 0.05) is 27.2 Å². The fourth-order valence-corrected chi connectivity index (χ4v) is 7.23. The summed E-state index contributed by atoms with van der Waals surface area (Å²) in [5.41, 5.74) is -7.33. The first-order valence-corrected chi connectivity index (χ1v) is 25.9. The van der Waals surface area contributed by atoms with Gasteiger partial charge in [0.2, 0.25) is 0 Å². The molecule has 0 unspecified atom stereocenters. The molecule has 24 heteroatoms. The Hall–Kier alpha value is -5.01. The Balaban J connectivity index is 2.56. The van der Waals surface area contributed by atoms with Gasteiger partial charge in [0.05, 0.1) is 38.6 Å². The summed E-state index contributed by atoms with van der Waals surface area (Å²) in [6.45, 7) is 29.1. The molecule has 0 bridgehead atoms. The van der Waals surface area contributed by atoms with Crippen molar-refractivity contribution in [3.8, 4) is 0 Å². The lowest BCUT2D eigenvalue weighted by atomic mass is 9.92. The number of carbonyl (C=O) groups is 9. The van der Waals surface area contributed by atoms with Crippen molar-refractivity contribution >= 4 is 53.7 Å². The summed E-state index contributed by atoms with van der Waals surface area (Å²) < 4.78 is 85.4. The molecule has 3 rings (SSSR count). The molecule has 3 saturated heterocycles. The van der Waals surface area contributed by atoms with Gasteiger partial charge in [0.15, 0.2) is 49.4 Å². The highest BCUT2D eigenvalue weighted by atomic mass is 16.8. The molecule has 78 heavy (non-hydrogen) atoms. The summed E-state index contributed by atoms with van der Waals surface area (Å²) in [7, 11) is 0. The summed E-state index contributed by atoms with van der Waals surface area (Å²) in [5, 5.41) is 11.7. The second-order valence-electron chi connectivity index (χ2n) is 25.9. The van der Waals surface area contributed by atoms with Crippen molar-refractivity contribution in [2.24, 2.45) is 32.5 Å². The highest BCUT2D eigenvalue weighted by Gasteiger charge is 2.60. The van der Waals surface area contributed by atoms with Crippen LogP contribution in [0.15, 0.2) is 0 Å². The average Bonchev–Trinajstić information content (AvgIpc) is 3.26. The Bertz CT molecular complexity index is 2150. The van der Waals surface area contributed by atoms with Crippen LogP contribution in [-0.4, -0.2) is 165 Å². The van der Waals surface area contributed by atoms with Crippen molar-refractivity contribution in [2.45, 2.75) is 238 Å². The van der Waals surface area contributed by atoms with E-state index in [-0.39, 0.29) is 6.42 Å². The van der Waals surface area contributed by atoms with Gasteiger partial charge in [-0.1, -0.05) is 0 Å². The van der Waals surface area contributed by atoms with E-state index in [1.807, 2.05) is 0 Å². The first-order valence-electron chi connectivity index (χ1n) is 25.9. The number of aliphatic hydroxyl groups excluding tert-OH is 1. The molecule has 3 aliphatic heterocycles. The monoisotopic (exact) mass is 1120 g/mol. The number of rotatable bonds is 16. The lowest BCUT2D eigenvalue weighted by Crippen LogP contribution is -2.68. The van der Waals surface area contributed by atoms with E-state index in [1.165, 1.54) is 83.1 Å². The van der Waals surface area contributed by atoms with Crippen molar-refractivity contribution in [2.75, 3.05) is 19.8 Å². The molecular weight excluding hydrogens is 1030 g/mol. The van der Waals surface area contributed by atoms with Gasteiger partial charge in [-0.3, -0.25) is 43.2 Å². The van der Waals surface area contributed by atoms with Crippen LogP contribution in [0.25, 0.3) is 0 Å². The molecule has 0 spiro atoms. The van der Waals surface area contributed by atoms with Crippen LogP contribution >= 0.6 is 0 Å². The summed E-state index contributed by atoms with van der Waals surface area (Å²) >= 11 is 0. The SMILES string of the molecule is CC(=O)OC[C@@H]1C[C@H](OC(C)=O)[C@@H](OC(C)=O)[C@@H](O[C@H]2[C@@H](OC(=O)C(C)(C)C)[C@@H](COC(=O)C(C)(C)C)O[C@@H](O[C@H]3[C@H](OC(=O)C(C)(C)C)[C@@H](OC(=O)C(C)(C)C)[C@H](O)O[C@@H]3COC(=O)C(C)(C)C)[C@@H]2OC(=O)C(C)(C)C)O1. The molecule has 0 radical (unpaired) electrons. The van der Waals surface area contributed by atoms with Crippen molar-refractivity contribution < 1.29 is 115 Å². The maximum absolute atomic E-state index is 14.4. The smallest absolute Gasteiger partial charge is 0.311 e. The van der Waals surface area contributed by atoms with Crippen LogP contribution in [0.5, 0.6) is 0 Å². The molecule has 0 aliphatic carbocycles. The Morgan fingerprint density at radius 2 is 0.744 bits per heavy atom. The second kappa shape index (κ2) is 26.1. The Morgan fingerprint density at radius 1 is 0.372 bits per heavy atom. The average molecular weight is 1120 g/mol. The second-order valence-corrected chi connectivity index (χ2v) is 25.9. The van der Waals surface area contributed by atoms with Gasteiger partial charge in [-0.05, 0) is 125 Å². The summed E-state index contributed by atoms with van der Waals surface area (Å²) in [4.78, 5) is 121. The summed E-state index contributed by atoms with van der Waals surface area (Å²) in [5.74, 6) is -7.60. The molecule has 14 atom stereocenters. The molecule has 0 amide bonds. The van der Waals surface area contributed by atoms with Gasteiger partial charge in [0.25, 0.3) is 0 Å². The number of hydrogen-bond donors (Lipinski definition) is 1. The zero-order chi connectivity index (χ0) is 60.0. The van der Waals surface area contributed by atoms with E-state index in [1.54, 1.807) is 41.5 Å². The quantitative estimate of drug-likeness (QED) is 0.161. The minimum atomic E-state index is -2.08.